The predicted molar refractivity (Wildman–Crippen MR) is 39.1 cm³/mol. The van der Waals surface area contributed by atoms with Crippen molar-refractivity contribution < 1.29 is 9.53 Å². The van der Waals surface area contributed by atoms with Gasteiger partial charge in [0.05, 0.1) is 0 Å². The molecule has 44 valence electrons. The van der Waals surface area contributed by atoms with Crippen LogP contribution in [0.2, 0.25) is 0 Å². The number of hydrogen-bond donors (Lipinski definition) is 0. The zero-order valence-corrected chi connectivity index (χ0v) is 4.31. The third-order valence-electron chi connectivity index (χ3n) is 0.857. The Kier molecular flexibility index (Phi) is 7.48. The first-order valence-electron chi connectivity index (χ1n) is 2.46. The summed E-state index contributed by atoms with van der Waals surface area (Å²) in [5, 5.41) is 0. The van der Waals surface area contributed by atoms with Gasteiger partial charge in [0.1, 0.15) is 6.10 Å². The zero-order chi connectivity index (χ0) is 5.28. The molecule has 0 spiro atoms. The van der Waals surface area contributed by atoms with Crippen LogP contribution in [-0.2, 0) is 9.53 Å². The Bertz CT molecular complexity index is 91.0. The molecule has 1 aliphatic rings. The maximum absolute atomic E-state index is 10.1. The molecule has 0 saturated heterocycles. The maximum atomic E-state index is 10.1. The third kappa shape index (κ3) is 6.55. The van der Waals surface area contributed by atoms with Gasteiger partial charge >= 0.3 is 43.7 Å². The molecule has 0 amide bonds. The van der Waals surface area contributed by atoms with Crippen molar-refractivity contribution in [1.82, 2.24) is 0 Å². The average molecular weight is 116 g/mol. The Morgan fingerprint density at radius 1 is 1.44 bits per heavy atom. The Labute approximate surface area is 79.1 Å². The summed E-state index contributed by atoms with van der Waals surface area (Å²) in [5.74, 6) is -0.150. The molecule has 0 aromatic carbocycles. The summed E-state index contributed by atoms with van der Waals surface area (Å²) in [4.78, 5) is 10.1. The van der Waals surface area contributed by atoms with Gasteiger partial charge < -0.3 is 4.74 Å². The molecule has 2 nitrogen and oxygen atoms in total. The Balaban J connectivity index is 0. The molecule has 0 atom stereocenters. The van der Waals surface area contributed by atoms with Crippen LogP contribution in [0.25, 0.3) is 0 Å². The quantitative estimate of drug-likeness (QED) is 0.338. The summed E-state index contributed by atoms with van der Waals surface area (Å²) in [6, 6.07) is 0. The summed E-state index contributed by atoms with van der Waals surface area (Å²) in [7, 11) is 0. The Morgan fingerprint density at radius 2 is 1.89 bits per heavy atom. The number of carbonyl (C=O) groups is 1. The molecular weight excluding hydrogens is 106 g/mol. The van der Waals surface area contributed by atoms with E-state index in [2.05, 4.69) is 0 Å². The second kappa shape index (κ2) is 5.45. The molecule has 1 saturated carbocycles. The van der Waals surface area contributed by atoms with Crippen LogP contribution in [0.3, 0.4) is 0 Å². The van der Waals surface area contributed by atoms with Crippen molar-refractivity contribution >= 4 is 43.7 Å². The van der Waals surface area contributed by atoms with Crippen LogP contribution in [0, 0.1) is 0 Å². The SMILES string of the molecule is CC(=O)OC1CC1.[LiH].[LiH]. The number of carbonyl (C=O) groups excluding carboxylic acids is 1. The number of esters is 1. The Hall–Kier alpha value is 0.665. The number of ether oxygens (including phenoxy) is 1. The summed E-state index contributed by atoms with van der Waals surface area (Å²) < 4.78 is 4.72. The first-order valence-corrected chi connectivity index (χ1v) is 2.46. The Morgan fingerprint density at radius 3 is 2.00 bits per heavy atom. The zero-order valence-electron chi connectivity index (χ0n) is 4.31. The summed E-state index contributed by atoms with van der Waals surface area (Å²) in [6.07, 6.45) is 2.41. The molecule has 0 aromatic heterocycles. The van der Waals surface area contributed by atoms with E-state index < -0.39 is 0 Å². The van der Waals surface area contributed by atoms with Crippen LogP contribution in [-0.4, -0.2) is 49.8 Å². The molecule has 0 aromatic rings. The molecule has 1 rings (SSSR count). The van der Waals surface area contributed by atoms with Gasteiger partial charge in [-0.05, 0) is 12.8 Å². The first-order chi connectivity index (χ1) is 3.29. The molecule has 1 aliphatic carbocycles. The van der Waals surface area contributed by atoms with Gasteiger partial charge in [-0.2, -0.15) is 0 Å². The van der Waals surface area contributed by atoms with E-state index in [0.717, 1.165) is 12.8 Å². The van der Waals surface area contributed by atoms with Crippen molar-refractivity contribution in [2.24, 2.45) is 0 Å². The van der Waals surface area contributed by atoms with Crippen molar-refractivity contribution in [3.05, 3.63) is 0 Å². The van der Waals surface area contributed by atoms with Gasteiger partial charge in [-0.1, -0.05) is 0 Å². The van der Waals surface area contributed by atoms with E-state index in [9.17, 15) is 4.79 Å². The van der Waals surface area contributed by atoms with Crippen LogP contribution in [0.15, 0.2) is 0 Å². The van der Waals surface area contributed by atoms with E-state index in [0.29, 0.717) is 0 Å². The molecule has 0 radical (unpaired) electrons. The van der Waals surface area contributed by atoms with E-state index in [1.807, 2.05) is 0 Å². The van der Waals surface area contributed by atoms with Gasteiger partial charge in [-0.25, -0.2) is 0 Å². The van der Waals surface area contributed by atoms with Gasteiger partial charge in [0.2, 0.25) is 0 Å². The molecule has 4 heteroatoms. The van der Waals surface area contributed by atoms with Crippen LogP contribution >= 0.6 is 0 Å². The van der Waals surface area contributed by atoms with E-state index in [1.54, 1.807) is 0 Å². The standard InChI is InChI=1S/C5H8O2.2Li.2H/c1-4(6)7-5-2-3-5;;;;/h5H,2-3H2,1H3;;;;. The average Bonchev–Trinajstić information content (AvgIpc) is 2.17. The molecule has 9 heavy (non-hydrogen) atoms. The van der Waals surface area contributed by atoms with Crippen LogP contribution in [0.4, 0.5) is 0 Å². The minimum absolute atomic E-state index is 0. The molecule has 0 unspecified atom stereocenters. The second-order valence-corrected chi connectivity index (χ2v) is 1.81. The van der Waals surface area contributed by atoms with Gasteiger partial charge in [0, 0.05) is 6.92 Å². The molecular formula is C5H10Li2O2. The van der Waals surface area contributed by atoms with Crippen LogP contribution in [0.5, 0.6) is 0 Å². The van der Waals surface area contributed by atoms with E-state index in [1.165, 1.54) is 6.92 Å². The van der Waals surface area contributed by atoms with Crippen molar-refractivity contribution in [2.45, 2.75) is 25.9 Å². The fourth-order valence-electron chi connectivity index (χ4n) is 0.421. The van der Waals surface area contributed by atoms with E-state index in [4.69, 9.17) is 4.74 Å². The van der Waals surface area contributed by atoms with E-state index >= 15 is 0 Å². The van der Waals surface area contributed by atoms with Crippen molar-refractivity contribution in [1.29, 1.82) is 0 Å². The topological polar surface area (TPSA) is 26.3 Å². The summed E-state index contributed by atoms with van der Waals surface area (Å²) in [6.45, 7) is 1.44. The van der Waals surface area contributed by atoms with Gasteiger partial charge in [0.25, 0.3) is 0 Å². The number of hydrogen-bond acceptors (Lipinski definition) is 2. The number of rotatable bonds is 1. The molecule has 1 fully saturated rings. The van der Waals surface area contributed by atoms with Crippen molar-refractivity contribution in [3.63, 3.8) is 0 Å². The first kappa shape index (κ1) is 12.4. The predicted octanol–water partition coefficient (Wildman–Crippen LogP) is -0.585. The van der Waals surface area contributed by atoms with Gasteiger partial charge in [0.15, 0.2) is 0 Å². The summed E-state index contributed by atoms with van der Waals surface area (Å²) in [5.41, 5.74) is 0. The third-order valence-corrected chi connectivity index (χ3v) is 0.857. The van der Waals surface area contributed by atoms with Gasteiger partial charge in [-0.3, -0.25) is 4.79 Å². The summed E-state index contributed by atoms with van der Waals surface area (Å²) >= 11 is 0. The molecule has 0 aliphatic heterocycles. The molecule has 0 N–H and O–H groups in total. The monoisotopic (exact) mass is 116 g/mol. The fraction of sp³-hybridized carbons (Fsp3) is 0.800. The van der Waals surface area contributed by atoms with Crippen LogP contribution in [0.1, 0.15) is 19.8 Å². The van der Waals surface area contributed by atoms with Crippen molar-refractivity contribution in [2.75, 3.05) is 0 Å². The molecule has 0 heterocycles. The molecule has 0 bridgehead atoms. The van der Waals surface area contributed by atoms with Gasteiger partial charge in [-0.15, -0.1) is 0 Å². The van der Waals surface area contributed by atoms with E-state index in [-0.39, 0.29) is 49.8 Å². The minimum atomic E-state index is -0.150. The van der Waals surface area contributed by atoms with Crippen molar-refractivity contribution in [3.8, 4) is 0 Å². The normalized spacial score (nSPS) is 14.8. The fourth-order valence-corrected chi connectivity index (χ4v) is 0.421. The second-order valence-electron chi connectivity index (χ2n) is 1.81. The van der Waals surface area contributed by atoms with Crippen LogP contribution < -0.4 is 0 Å².